The number of carbonyl (C=O) groups is 2. The molecule has 0 saturated carbocycles. The van der Waals surface area contributed by atoms with Crippen LogP contribution >= 0.6 is 0 Å². The topological polar surface area (TPSA) is 96.0 Å². The van der Waals surface area contributed by atoms with E-state index in [1.807, 2.05) is 25.1 Å². The number of carbonyl (C=O) groups excluding carboxylic acids is 2. The van der Waals surface area contributed by atoms with Crippen LogP contribution in [0.3, 0.4) is 0 Å². The van der Waals surface area contributed by atoms with Gasteiger partial charge in [0, 0.05) is 13.1 Å². The number of anilines is 1. The minimum Gasteiger partial charge on any atom is -0.457 e. The molecule has 0 aliphatic heterocycles. The second-order valence-corrected chi connectivity index (χ2v) is 11.3. The van der Waals surface area contributed by atoms with E-state index in [0.717, 1.165) is 23.4 Å². The minimum atomic E-state index is -3.87. The van der Waals surface area contributed by atoms with E-state index in [4.69, 9.17) is 4.74 Å². The average Bonchev–Trinajstić information content (AvgIpc) is 2.93. The summed E-state index contributed by atoms with van der Waals surface area (Å²) in [6.45, 7) is 3.76. The van der Waals surface area contributed by atoms with Crippen molar-refractivity contribution in [3.8, 4) is 11.5 Å². The van der Waals surface area contributed by atoms with Gasteiger partial charge in [0.2, 0.25) is 21.8 Å². The highest BCUT2D eigenvalue weighted by Crippen LogP contribution is 2.26. The van der Waals surface area contributed by atoms with E-state index in [-0.39, 0.29) is 18.1 Å². The quantitative estimate of drug-likeness (QED) is 0.272. The first kappa shape index (κ1) is 30.6. The van der Waals surface area contributed by atoms with Crippen LogP contribution in [-0.4, -0.2) is 50.5 Å². The Labute approximate surface area is 235 Å². The van der Waals surface area contributed by atoms with E-state index in [9.17, 15) is 22.4 Å². The molecule has 8 nitrogen and oxygen atoms in total. The third-order valence-electron chi connectivity index (χ3n) is 6.26. The predicted octanol–water partition coefficient (Wildman–Crippen LogP) is 5.11. The number of hydrogen-bond donors (Lipinski definition) is 1. The molecule has 0 bridgehead atoms. The molecule has 214 valence electrons. The smallest absolute Gasteiger partial charge is 0.244 e. The molecule has 2 amide bonds. The summed E-state index contributed by atoms with van der Waals surface area (Å²) in [4.78, 5) is 28.2. The minimum absolute atomic E-state index is 0.0142. The summed E-state index contributed by atoms with van der Waals surface area (Å²) in [5, 5.41) is 2.87. The first-order valence-corrected chi connectivity index (χ1v) is 15.1. The Hall–Kier alpha value is -3.92. The molecule has 3 aromatic carbocycles. The number of para-hydroxylation sites is 1. The maximum Gasteiger partial charge on any atom is 0.244 e. The highest BCUT2D eigenvalue weighted by Gasteiger charge is 2.31. The van der Waals surface area contributed by atoms with Crippen molar-refractivity contribution in [3.05, 3.63) is 90.2 Å². The lowest BCUT2D eigenvalue weighted by Crippen LogP contribution is -2.52. The van der Waals surface area contributed by atoms with Crippen LogP contribution in [0.15, 0.2) is 78.9 Å². The molecule has 40 heavy (non-hydrogen) atoms. The van der Waals surface area contributed by atoms with Crippen LogP contribution < -0.4 is 14.4 Å². The van der Waals surface area contributed by atoms with Crippen molar-refractivity contribution in [2.75, 3.05) is 23.7 Å². The van der Waals surface area contributed by atoms with Gasteiger partial charge in [-0.1, -0.05) is 50.6 Å². The van der Waals surface area contributed by atoms with Crippen LogP contribution in [0.5, 0.6) is 11.5 Å². The lowest BCUT2D eigenvalue weighted by Gasteiger charge is -2.33. The summed E-state index contributed by atoms with van der Waals surface area (Å²) in [5.74, 6) is -0.169. The lowest BCUT2D eigenvalue weighted by molar-refractivity contribution is -0.140. The molecule has 0 unspecified atom stereocenters. The van der Waals surface area contributed by atoms with Gasteiger partial charge in [-0.15, -0.1) is 0 Å². The first-order valence-electron chi connectivity index (χ1n) is 13.2. The molecule has 0 aliphatic carbocycles. The fourth-order valence-electron chi connectivity index (χ4n) is 4.13. The predicted molar refractivity (Wildman–Crippen MR) is 154 cm³/mol. The van der Waals surface area contributed by atoms with Gasteiger partial charge in [0.05, 0.1) is 11.9 Å². The van der Waals surface area contributed by atoms with Gasteiger partial charge in [0.1, 0.15) is 29.9 Å². The molecule has 0 fully saturated rings. The van der Waals surface area contributed by atoms with Crippen molar-refractivity contribution >= 4 is 27.5 Å². The van der Waals surface area contributed by atoms with Crippen LogP contribution in [0.25, 0.3) is 0 Å². The third-order valence-corrected chi connectivity index (χ3v) is 7.41. The normalized spacial score (nSPS) is 11.9. The van der Waals surface area contributed by atoms with Crippen LogP contribution in [0, 0.1) is 5.82 Å². The van der Waals surface area contributed by atoms with Crippen LogP contribution in [-0.2, 0) is 26.2 Å². The molecular weight excluding hydrogens is 533 g/mol. The van der Waals surface area contributed by atoms with E-state index < -0.39 is 34.3 Å². The molecule has 10 heteroatoms. The summed E-state index contributed by atoms with van der Waals surface area (Å²) in [6, 6.07) is 20.3. The number of halogens is 1. The van der Waals surface area contributed by atoms with Crippen LogP contribution in [0.2, 0.25) is 0 Å². The molecular formula is C30H36FN3O5S. The van der Waals surface area contributed by atoms with Crippen molar-refractivity contribution in [3.63, 3.8) is 0 Å². The number of nitrogens with zero attached hydrogens (tertiary/aromatic N) is 2. The number of amides is 2. The summed E-state index contributed by atoms with van der Waals surface area (Å²) in [7, 11) is -3.87. The molecule has 0 aromatic heterocycles. The summed E-state index contributed by atoms with van der Waals surface area (Å²) < 4.78 is 45.9. The zero-order valence-corrected chi connectivity index (χ0v) is 23.9. The number of sulfonamides is 1. The van der Waals surface area contributed by atoms with E-state index in [2.05, 4.69) is 5.32 Å². The number of hydrogen-bond acceptors (Lipinski definition) is 5. The van der Waals surface area contributed by atoms with Gasteiger partial charge in [-0.2, -0.15) is 0 Å². The zero-order chi connectivity index (χ0) is 29.1. The molecule has 3 aromatic rings. The van der Waals surface area contributed by atoms with Crippen LogP contribution in [0.4, 0.5) is 10.1 Å². The Kier molecular flexibility index (Phi) is 11.1. The van der Waals surface area contributed by atoms with Gasteiger partial charge in [0.25, 0.3) is 0 Å². The molecule has 1 N–H and O–H groups in total. The highest BCUT2D eigenvalue weighted by atomic mass is 32.2. The maximum absolute atomic E-state index is 13.7. The Morgan fingerprint density at radius 1 is 0.925 bits per heavy atom. The van der Waals surface area contributed by atoms with Crippen molar-refractivity contribution in [1.29, 1.82) is 0 Å². The number of ether oxygens (including phenoxy) is 1. The van der Waals surface area contributed by atoms with E-state index in [1.54, 1.807) is 43.3 Å². The van der Waals surface area contributed by atoms with Crippen molar-refractivity contribution in [1.82, 2.24) is 10.2 Å². The number of unbranched alkanes of at least 4 members (excludes halogenated alkanes) is 1. The number of rotatable bonds is 14. The fourth-order valence-corrected chi connectivity index (χ4v) is 4.98. The van der Waals surface area contributed by atoms with Gasteiger partial charge < -0.3 is 15.0 Å². The fraction of sp³-hybridized carbons (Fsp3) is 0.333. The Morgan fingerprint density at radius 2 is 1.55 bits per heavy atom. The maximum atomic E-state index is 13.7. The van der Waals surface area contributed by atoms with Crippen molar-refractivity contribution in [2.24, 2.45) is 0 Å². The molecule has 0 spiro atoms. The van der Waals surface area contributed by atoms with Gasteiger partial charge >= 0.3 is 0 Å². The lowest BCUT2D eigenvalue weighted by atomic mass is 10.1. The standard InChI is InChI=1S/C30H36FN3O5S/c1-4-6-20-32-30(36)28(5-2)33(21-23-12-14-24(31)15-13-23)29(35)22-34(40(3,37)38)25-16-18-27(19-17-25)39-26-10-8-7-9-11-26/h7-19,28H,4-6,20-22H2,1-3H3,(H,32,36)/t28-/m0/s1. The SMILES string of the molecule is CCCCNC(=O)[C@H](CC)N(Cc1ccc(F)cc1)C(=O)CN(c1ccc(Oc2ccccc2)cc1)S(C)(=O)=O. The summed E-state index contributed by atoms with van der Waals surface area (Å²) in [5.41, 5.74) is 0.890. The van der Waals surface area contributed by atoms with Gasteiger partial charge in [-0.25, -0.2) is 12.8 Å². The van der Waals surface area contributed by atoms with Crippen molar-refractivity contribution in [2.45, 2.75) is 45.7 Å². The largest absolute Gasteiger partial charge is 0.457 e. The summed E-state index contributed by atoms with van der Waals surface area (Å²) in [6.07, 6.45) is 3.02. The second kappa shape index (κ2) is 14.5. The Balaban J connectivity index is 1.87. The molecule has 0 heterocycles. The molecule has 0 radical (unpaired) electrons. The van der Waals surface area contributed by atoms with E-state index in [1.165, 1.54) is 29.2 Å². The van der Waals surface area contributed by atoms with E-state index in [0.29, 0.717) is 30.0 Å². The molecule has 3 rings (SSSR count). The summed E-state index contributed by atoms with van der Waals surface area (Å²) >= 11 is 0. The monoisotopic (exact) mass is 569 g/mol. The van der Waals surface area contributed by atoms with Gasteiger partial charge in [-0.05, 0) is 66.9 Å². The van der Waals surface area contributed by atoms with E-state index >= 15 is 0 Å². The van der Waals surface area contributed by atoms with Crippen molar-refractivity contribution < 1.29 is 27.1 Å². The highest BCUT2D eigenvalue weighted by molar-refractivity contribution is 7.92. The zero-order valence-electron chi connectivity index (χ0n) is 23.0. The van der Waals surface area contributed by atoms with Gasteiger partial charge in [0.15, 0.2) is 0 Å². The Morgan fingerprint density at radius 3 is 2.12 bits per heavy atom. The average molecular weight is 570 g/mol. The third kappa shape index (κ3) is 8.81. The number of benzene rings is 3. The second-order valence-electron chi connectivity index (χ2n) is 9.40. The molecule has 0 saturated heterocycles. The van der Waals surface area contributed by atoms with Crippen LogP contribution in [0.1, 0.15) is 38.7 Å². The number of nitrogens with one attached hydrogen (secondary N) is 1. The molecule has 1 atom stereocenters. The Bertz CT molecular complexity index is 1350. The van der Waals surface area contributed by atoms with Gasteiger partial charge in [-0.3, -0.25) is 13.9 Å². The first-order chi connectivity index (χ1) is 19.1. The molecule has 0 aliphatic rings.